The zero-order valence-electron chi connectivity index (χ0n) is 18.8. The van der Waals surface area contributed by atoms with Gasteiger partial charge in [0, 0.05) is 31.2 Å². The van der Waals surface area contributed by atoms with E-state index in [0.29, 0.717) is 29.2 Å². The second-order valence-electron chi connectivity index (χ2n) is 7.79. The van der Waals surface area contributed by atoms with Gasteiger partial charge in [-0.2, -0.15) is 0 Å². The summed E-state index contributed by atoms with van der Waals surface area (Å²) in [5.74, 6) is -4.52. The minimum absolute atomic E-state index is 0.380. The number of carboxylic acid groups (broad SMARTS) is 3. The fourth-order valence-electron chi connectivity index (χ4n) is 3.73. The number of carbonyl (C=O) groups excluding carboxylic acids is 3. The molecule has 1 atom stereocenters. The van der Waals surface area contributed by atoms with Gasteiger partial charge in [0.25, 0.3) is 5.79 Å². The van der Waals surface area contributed by atoms with Gasteiger partial charge in [-0.15, -0.1) is 0 Å². The molecule has 1 unspecified atom stereocenters. The number of carbonyl (C=O) groups is 3. The van der Waals surface area contributed by atoms with Crippen LogP contribution in [0.1, 0.15) is 17.5 Å². The highest BCUT2D eigenvalue weighted by molar-refractivity contribution is 5.87. The number of hydrogen-bond acceptors (Lipinski definition) is 10. The highest BCUT2D eigenvalue weighted by Gasteiger charge is 2.44. The van der Waals surface area contributed by atoms with Crippen molar-refractivity contribution in [3.63, 3.8) is 0 Å². The van der Waals surface area contributed by atoms with Crippen LogP contribution in [0.25, 0.3) is 0 Å². The number of aliphatic carboxylic acids is 3. The number of benzene rings is 2. The first-order chi connectivity index (χ1) is 16.8. The van der Waals surface area contributed by atoms with E-state index >= 15 is 0 Å². The third kappa shape index (κ3) is 7.29. The first-order valence-corrected chi connectivity index (χ1v) is 10.9. The molecule has 0 aromatic heterocycles. The van der Waals surface area contributed by atoms with Crippen molar-refractivity contribution < 1.29 is 43.9 Å². The van der Waals surface area contributed by atoms with E-state index < -0.39 is 23.7 Å². The van der Waals surface area contributed by atoms with E-state index in [1.165, 1.54) is 0 Å². The molecule has 186 valence electrons. The Balaban J connectivity index is 0.000000371. The van der Waals surface area contributed by atoms with Gasteiger partial charge in [0.05, 0.1) is 31.6 Å². The number of fused-ring (bicyclic) bond motifs is 1. The van der Waals surface area contributed by atoms with Crippen molar-refractivity contribution in [1.29, 1.82) is 0 Å². The number of nitrogens with zero attached hydrogens (tertiary/aromatic N) is 1. The molecular formula is C25H24NO9-3. The van der Waals surface area contributed by atoms with Crippen LogP contribution in [0.15, 0.2) is 60.7 Å². The van der Waals surface area contributed by atoms with Gasteiger partial charge in [-0.1, -0.05) is 42.5 Å². The molecule has 0 N–H and O–H groups in total. The molecule has 0 amide bonds. The normalized spacial score (nSPS) is 19.1. The third-order valence-corrected chi connectivity index (χ3v) is 5.35. The predicted octanol–water partition coefficient (Wildman–Crippen LogP) is -1.63. The Labute approximate surface area is 202 Å². The van der Waals surface area contributed by atoms with Crippen LogP contribution in [0.3, 0.4) is 0 Å². The topological polar surface area (TPSA) is 151 Å². The van der Waals surface area contributed by atoms with E-state index in [9.17, 15) is 29.7 Å². The highest BCUT2D eigenvalue weighted by atomic mass is 16.7. The van der Waals surface area contributed by atoms with Gasteiger partial charge in [-0.05, 0) is 30.2 Å². The van der Waals surface area contributed by atoms with Gasteiger partial charge >= 0.3 is 0 Å². The lowest BCUT2D eigenvalue weighted by atomic mass is 10.0. The molecule has 10 nitrogen and oxygen atoms in total. The summed E-state index contributed by atoms with van der Waals surface area (Å²) in [5, 5.41) is 30.2. The molecule has 0 saturated carbocycles. The lowest BCUT2D eigenvalue weighted by Crippen LogP contribution is -2.42. The van der Waals surface area contributed by atoms with Gasteiger partial charge < -0.3 is 43.9 Å². The van der Waals surface area contributed by atoms with Gasteiger partial charge in [-0.25, -0.2) is 0 Å². The molecule has 1 saturated heterocycles. The Morgan fingerprint density at radius 2 is 1.54 bits per heavy atom. The molecule has 35 heavy (non-hydrogen) atoms. The Morgan fingerprint density at radius 3 is 2.14 bits per heavy atom. The quantitative estimate of drug-likeness (QED) is 0.401. The van der Waals surface area contributed by atoms with Crippen LogP contribution in [0.5, 0.6) is 11.5 Å². The standard InChI is InChI=1S/C21H23NO5.C4H4O4/c23-19(24)15-21(17-6-2-1-3-7-17)26-18-8-4-5-16(20(18)27-21)9-10-22-11-13-25-14-12-22;5-3(6)1-2-4(7)8/h1-8H,9-15H2,(H,23,24);1-2H,(H,5,6)(H,7,8)/p-3/b;2-1-. The zero-order chi connectivity index (χ0) is 25.3. The maximum absolute atomic E-state index is 11.4. The largest absolute Gasteiger partial charge is 0.550 e. The second kappa shape index (κ2) is 12.0. The van der Waals surface area contributed by atoms with Crippen molar-refractivity contribution in [2.45, 2.75) is 18.6 Å². The fraction of sp³-hybridized carbons (Fsp3) is 0.320. The summed E-state index contributed by atoms with van der Waals surface area (Å²) in [6.45, 7) is 4.25. The molecule has 2 aromatic carbocycles. The van der Waals surface area contributed by atoms with Crippen LogP contribution in [0, 0.1) is 0 Å². The van der Waals surface area contributed by atoms with Crippen LogP contribution in [-0.4, -0.2) is 55.7 Å². The summed E-state index contributed by atoms with van der Waals surface area (Å²) in [6.07, 6.45) is 1.18. The molecule has 2 aliphatic rings. The summed E-state index contributed by atoms with van der Waals surface area (Å²) in [7, 11) is 0. The smallest absolute Gasteiger partial charge is 0.283 e. The monoisotopic (exact) mass is 482 g/mol. The number of para-hydroxylation sites is 1. The Hall–Kier alpha value is -3.89. The van der Waals surface area contributed by atoms with E-state index in [1.54, 1.807) is 0 Å². The third-order valence-electron chi connectivity index (χ3n) is 5.35. The van der Waals surface area contributed by atoms with Crippen LogP contribution in [0.4, 0.5) is 0 Å². The summed E-state index contributed by atoms with van der Waals surface area (Å²) in [4.78, 5) is 32.6. The molecular weight excluding hydrogens is 458 g/mol. The van der Waals surface area contributed by atoms with Crippen molar-refractivity contribution in [1.82, 2.24) is 4.90 Å². The summed E-state index contributed by atoms with van der Waals surface area (Å²) >= 11 is 0. The maximum Gasteiger partial charge on any atom is 0.283 e. The Bertz CT molecular complexity index is 1050. The number of morpholine rings is 1. The molecule has 1 fully saturated rings. The molecule has 2 aliphatic heterocycles. The molecule has 10 heteroatoms. The van der Waals surface area contributed by atoms with Crippen molar-refractivity contribution in [2.24, 2.45) is 0 Å². The summed E-state index contributed by atoms with van der Waals surface area (Å²) in [6, 6.07) is 14.9. The second-order valence-corrected chi connectivity index (χ2v) is 7.79. The van der Waals surface area contributed by atoms with Crippen molar-refractivity contribution in [3.8, 4) is 11.5 Å². The van der Waals surface area contributed by atoms with Crippen LogP contribution in [-0.2, 0) is 31.3 Å². The summed E-state index contributed by atoms with van der Waals surface area (Å²) < 4.78 is 17.6. The average molecular weight is 482 g/mol. The molecule has 0 radical (unpaired) electrons. The number of hydrogen-bond donors (Lipinski definition) is 0. The molecule has 0 bridgehead atoms. The maximum atomic E-state index is 11.4. The van der Waals surface area contributed by atoms with E-state index in [-0.39, 0.29) is 6.42 Å². The lowest BCUT2D eigenvalue weighted by molar-refractivity contribution is -0.312. The van der Waals surface area contributed by atoms with Gasteiger partial charge in [-0.3, -0.25) is 4.90 Å². The van der Waals surface area contributed by atoms with Crippen molar-refractivity contribution in [3.05, 3.63) is 71.8 Å². The average Bonchev–Trinajstić information content (AvgIpc) is 3.22. The number of rotatable bonds is 8. The fourth-order valence-corrected chi connectivity index (χ4v) is 3.73. The molecule has 4 rings (SSSR count). The Kier molecular flexibility index (Phi) is 8.82. The van der Waals surface area contributed by atoms with Gasteiger partial charge in [0.2, 0.25) is 0 Å². The minimum atomic E-state index is -1.55. The molecule has 0 aliphatic carbocycles. The first-order valence-electron chi connectivity index (χ1n) is 10.9. The van der Waals surface area contributed by atoms with Crippen molar-refractivity contribution in [2.75, 3.05) is 32.8 Å². The van der Waals surface area contributed by atoms with Gasteiger partial charge in [0.1, 0.15) is 0 Å². The van der Waals surface area contributed by atoms with E-state index in [1.807, 2.05) is 48.5 Å². The zero-order valence-corrected chi connectivity index (χ0v) is 18.8. The highest BCUT2D eigenvalue weighted by Crippen LogP contribution is 2.47. The number of carboxylic acids is 3. The SMILES string of the molecule is O=C([O-])/C=C\C(=O)[O-].O=C([O-])CC1(c2ccccc2)Oc2cccc(CCN3CCOCC3)c2O1. The number of ether oxygens (including phenoxy) is 3. The van der Waals surface area contributed by atoms with Crippen LogP contribution >= 0.6 is 0 Å². The minimum Gasteiger partial charge on any atom is -0.550 e. The van der Waals surface area contributed by atoms with E-state index in [4.69, 9.17) is 14.2 Å². The lowest BCUT2D eigenvalue weighted by Gasteiger charge is -2.29. The van der Waals surface area contributed by atoms with Crippen molar-refractivity contribution >= 4 is 17.9 Å². The van der Waals surface area contributed by atoms with Gasteiger partial charge in [0.15, 0.2) is 11.5 Å². The van der Waals surface area contributed by atoms with Crippen LogP contribution in [0.2, 0.25) is 0 Å². The van der Waals surface area contributed by atoms with Crippen LogP contribution < -0.4 is 24.8 Å². The molecule has 2 aromatic rings. The molecule has 0 spiro atoms. The predicted molar refractivity (Wildman–Crippen MR) is 116 cm³/mol. The first kappa shape index (κ1) is 25.7. The van der Waals surface area contributed by atoms with E-state index in [2.05, 4.69) is 4.90 Å². The summed E-state index contributed by atoms with van der Waals surface area (Å²) in [5.41, 5.74) is 1.67. The van der Waals surface area contributed by atoms with E-state index in [0.717, 1.165) is 44.8 Å². The molecule has 2 heterocycles. The Morgan fingerprint density at radius 1 is 0.886 bits per heavy atom.